The van der Waals surface area contributed by atoms with Gasteiger partial charge in [-0.3, -0.25) is 9.78 Å². The van der Waals surface area contributed by atoms with Gasteiger partial charge >= 0.3 is 0 Å². The number of benzene rings is 1. The number of aromatic amines is 1. The molecule has 25 heavy (non-hydrogen) atoms. The Morgan fingerprint density at radius 3 is 2.48 bits per heavy atom. The van der Waals surface area contributed by atoms with Gasteiger partial charge in [-0.2, -0.15) is 0 Å². The summed E-state index contributed by atoms with van der Waals surface area (Å²) in [5.41, 5.74) is 1.55. The molecule has 7 heteroatoms. The molecule has 3 rings (SSSR count). The van der Waals surface area contributed by atoms with Crippen LogP contribution in [-0.4, -0.2) is 24.3 Å². The van der Waals surface area contributed by atoms with E-state index in [9.17, 15) is 13.2 Å². The van der Waals surface area contributed by atoms with Crippen LogP contribution in [-0.2, 0) is 9.84 Å². The minimum atomic E-state index is -3.86. The predicted molar refractivity (Wildman–Crippen MR) is 93.6 cm³/mol. The fraction of sp³-hybridized carbons (Fsp3) is 0.111. The van der Waals surface area contributed by atoms with Crippen molar-refractivity contribution in [3.8, 4) is 0 Å². The second-order valence-electron chi connectivity index (χ2n) is 5.57. The van der Waals surface area contributed by atoms with Gasteiger partial charge in [0.05, 0.1) is 16.2 Å². The SMILES string of the molecule is Cc1ccc(S(=O)(=O)C(NC(=O)c2cc[nH]c2)c2ccccn2)cc1. The van der Waals surface area contributed by atoms with E-state index in [1.165, 1.54) is 24.5 Å². The van der Waals surface area contributed by atoms with Crippen LogP contribution in [0.2, 0.25) is 0 Å². The summed E-state index contributed by atoms with van der Waals surface area (Å²) in [6, 6.07) is 13.0. The van der Waals surface area contributed by atoms with E-state index >= 15 is 0 Å². The van der Waals surface area contributed by atoms with Crippen molar-refractivity contribution < 1.29 is 13.2 Å². The maximum absolute atomic E-state index is 13.1. The standard InChI is InChI=1S/C18H17N3O3S/c1-13-5-7-15(8-6-13)25(23,24)18(16-4-2-3-10-20-16)21-17(22)14-9-11-19-12-14/h2-12,18-19H,1H3,(H,21,22). The van der Waals surface area contributed by atoms with Crippen molar-refractivity contribution in [1.82, 2.24) is 15.3 Å². The first kappa shape index (κ1) is 16.9. The van der Waals surface area contributed by atoms with Crippen molar-refractivity contribution in [2.24, 2.45) is 0 Å². The molecule has 6 nitrogen and oxygen atoms in total. The molecule has 2 heterocycles. The maximum Gasteiger partial charge on any atom is 0.254 e. The number of carbonyl (C=O) groups excluding carboxylic acids is 1. The molecule has 0 aliphatic heterocycles. The number of nitrogens with one attached hydrogen (secondary N) is 2. The van der Waals surface area contributed by atoms with Crippen LogP contribution in [0.4, 0.5) is 0 Å². The van der Waals surface area contributed by atoms with E-state index in [0.29, 0.717) is 5.56 Å². The summed E-state index contributed by atoms with van der Waals surface area (Å²) in [6.07, 6.45) is 4.60. The Kier molecular flexibility index (Phi) is 4.67. The van der Waals surface area contributed by atoms with Crippen LogP contribution in [0, 0.1) is 6.92 Å². The lowest BCUT2D eigenvalue weighted by Gasteiger charge is -2.19. The normalized spacial score (nSPS) is 12.5. The van der Waals surface area contributed by atoms with Crippen molar-refractivity contribution in [1.29, 1.82) is 0 Å². The molecule has 0 aliphatic rings. The molecule has 0 aliphatic carbocycles. The van der Waals surface area contributed by atoms with Crippen molar-refractivity contribution in [3.05, 3.63) is 83.9 Å². The van der Waals surface area contributed by atoms with Crippen molar-refractivity contribution >= 4 is 15.7 Å². The summed E-state index contributed by atoms with van der Waals surface area (Å²) in [4.78, 5) is 19.4. The molecule has 1 atom stereocenters. The Morgan fingerprint density at radius 1 is 1.12 bits per heavy atom. The number of hydrogen-bond donors (Lipinski definition) is 2. The number of pyridine rings is 1. The van der Waals surface area contributed by atoms with Crippen LogP contribution in [0.1, 0.15) is 27.0 Å². The number of aryl methyl sites for hydroxylation is 1. The second kappa shape index (κ2) is 6.90. The topological polar surface area (TPSA) is 91.9 Å². The zero-order valence-corrected chi connectivity index (χ0v) is 14.3. The summed E-state index contributed by atoms with van der Waals surface area (Å²) < 4.78 is 26.2. The van der Waals surface area contributed by atoms with Gasteiger partial charge in [-0.15, -0.1) is 0 Å². The number of carbonyl (C=O) groups is 1. The number of nitrogens with zero attached hydrogens (tertiary/aromatic N) is 1. The van der Waals surface area contributed by atoms with Gasteiger partial charge in [-0.25, -0.2) is 8.42 Å². The second-order valence-corrected chi connectivity index (χ2v) is 7.60. The Hall–Kier alpha value is -2.93. The number of hydrogen-bond acceptors (Lipinski definition) is 4. The highest BCUT2D eigenvalue weighted by Gasteiger charge is 2.32. The molecule has 0 radical (unpaired) electrons. The number of amides is 1. The zero-order chi connectivity index (χ0) is 17.9. The molecule has 1 amide bonds. The van der Waals surface area contributed by atoms with Crippen LogP contribution >= 0.6 is 0 Å². The smallest absolute Gasteiger partial charge is 0.254 e. The third kappa shape index (κ3) is 3.61. The van der Waals surface area contributed by atoms with Crippen LogP contribution in [0.15, 0.2) is 72.0 Å². The monoisotopic (exact) mass is 355 g/mol. The first-order chi connectivity index (χ1) is 12.0. The number of rotatable bonds is 5. The molecule has 0 fully saturated rings. The molecule has 1 unspecified atom stereocenters. The van der Waals surface area contributed by atoms with Gasteiger partial charge in [0.15, 0.2) is 5.37 Å². The molecule has 2 N–H and O–H groups in total. The largest absolute Gasteiger partial charge is 0.367 e. The molecule has 1 aromatic carbocycles. The van der Waals surface area contributed by atoms with E-state index in [-0.39, 0.29) is 10.6 Å². The molecule has 0 bridgehead atoms. The Bertz CT molecular complexity index is 951. The molecule has 0 saturated carbocycles. The van der Waals surface area contributed by atoms with Gasteiger partial charge in [-0.1, -0.05) is 23.8 Å². The van der Waals surface area contributed by atoms with Crippen molar-refractivity contribution in [3.63, 3.8) is 0 Å². The van der Waals surface area contributed by atoms with Crippen LogP contribution in [0.25, 0.3) is 0 Å². The number of aromatic nitrogens is 2. The number of H-pyrrole nitrogens is 1. The fourth-order valence-electron chi connectivity index (χ4n) is 2.37. The van der Waals surface area contributed by atoms with E-state index in [1.54, 1.807) is 42.6 Å². The van der Waals surface area contributed by atoms with Crippen LogP contribution in [0.3, 0.4) is 0 Å². The molecular formula is C18H17N3O3S. The third-order valence-corrected chi connectivity index (χ3v) is 5.65. The van der Waals surface area contributed by atoms with Gasteiger partial charge < -0.3 is 10.3 Å². The van der Waals surface area contributed by atoms with Gasteiger partial charge in [0.2, 0.25) is 9.84 Å². The molecule has 0 spiro atoms. The first-order valence-electron chi connectivity index (χ1n) is 7.63. The lowest BCUT2D eigenvalue weighted by atomic mass is 10.2. The van der Waals surface area contributed by atoms with Crippen LogP contribution in [0.5, 0.6) is 0 Å². The molecule has 3 aromatic rings. The Labute approximate surface area is 145 Å². The highest BCUT2D eigenvalue weighted by Crippen LogP contribution is 2.26. The first-order valence-corrected chi connectivity index (χ1v) is 9.18. The predicted octanol–water partition coefficient (Wildman–Crippen LogP) is 2.62. The van der Waals surface area contributed by atoms with E-state index in [1.807, 2.05) is 6.92 Å². The average Bonchev–Trinajstić information content (AvgIpc) is 3.15. The van der Waals surface area contributed by atoms with E-state index in [2.05, 4.69) is 15.3 Å². The van der Waals surface area contributed by atoms with E-state index in [4.69, 9.17) is 0 Å². The lowest BCUT2D eigenvalue weighted by Crippen LogP contribution is -2.34. The Morgan fingerprint density at radius 2 is 1.88 bits per heavy atom. The van der Waals surface area contributed by atoms with Crippen molar-refractivity contribution in [2.75, 3.05) is 0 Å². The summed E-state index contributed by atoms with van der Waals surface area (Å²) in [5, 5.41) is 1.30. The minimum absolute atomic E-state index is 0.128. The van der Waals surface area contributed by atoms with Gasteiger partial charge in [0.1, 0.15) is 0 Å². The molecule has 128 valence electrons. The fourth-order valence-corrected chi connectivity index (χ4v) is 3.88. The summed E-state index contributed by atoms with van der Waals surface area (Å²) in [6.45, 7) is 1.88. The highest BCUT2D eigenvalue weighted by atomic mass is 32.2. The van der Waals surface area contributed by atoms with Gasteiger partial charge in [0, 0.05) is 18.6 Å². The van der Waals surface area contributed by atoms with E-state index < -0.39 is 21.1 Å². The molecule has 0 saturated heterocycles. The van der Waals surface area contributed by atoms with Crippen molar-refractivity contribution in [2.45, 2.75) is 17.2 Å². The van der Waals surface area contributed by atoms with Gasteiger partial charge in [-0.05, 0) is 37.3 Å². The Balaban J connectivity index is 2.01. The third-order valence-electron chi connectivity index (χ3n) is 3.74. The highest BCUT2D eigenvalue weighted by molar-refractivity contribution is 7.91. The zero-order valence-electron chi connectivity index (χ0n) is 13.5. The van der Waals surface area contributed by atoms with Crippen LogP contribution < -0.4 is 5.32 Å². The maximum atomic E-state index is 13.1. The average molecular weight is 355 g/mol. The quantitative estimate of drug-likeness (QED) is 0.736. The minimum Gasteiger partial charge on any atom is -0.367 e. The lowest BCUT2D eigenvalue weighted by molar-refractivity contribution is 0.0947. The summed E-state index contributed by atoms with van der Waals surface area (Å²) >= 11 is 0. The summed E-state index contributed by atoms with van der Waals surface area (Å²) in [7, 11) is -3.86. The molecule has 2 aromatic heterocycles. The number of sulfone groups is 1. The molecular weight excluding hydrogens is 338 g/mol. The van der Waals surface area contributed by atoms with E-state index in [0.717, 1.165) is 5.56 Å². The summed E-state index contributed by atoms with van der Waals surface area (Å²) in [5.74, 6) is -0.493. The van der Waals surface area contributed by atoms with Gasteiger partial charge in [0.25, 0.3) is 5.91 Å².